The summed E-state index contributed by atoms with van der Waals surface area (Å²) in [6.45, 7) is 10.1. The highest BCUT2D eigenvalue weighted by atomic mass is 127. The highest BCUT2D eigenvalue weighted by molar-refractivity contribution is 14.1. The molecule has 15 heavy (non-hydrogen) atoms. The summed E-state index contributed by atoms with van der Waals surface area (Å²) in [5.41, 5.74) is 2.07. The Balaban J connectivity index is 3.01. The Morgan fingerprint density at radius 3 is 2.00 bits per heavy atom. The summed E-state index contributed by atoms with van der Waals surface area (Å²) in [6, 6.07) is 7.75. The van der Waals surface area contributed by atoms with Gasteiger partial charge in [0, 0.05) is 5.56 Å². The zero-order chi connectivity index (χ0) is 11.6. The summed E-state index contributed by atoms with van der Waals surface area (Å²) in [7, 11) is 0. The third kappa shape index (κ3) is 3.16. The van der Waals surface area contributed by atoms with Crippen molar-refractivity contribution in [2.24, 2.45) is 0 Å². The van der Waals surface area contributed by atoms with Crippen molar-refractivity contribution in [3.63, 3.8) is 0 Å². The van der Waals surface area contributed by atoms with Gasteiger partial charge in [0.2, 0.25) is 0 Å². The summed E-state index contributed by atoms with van der Waals surface area (Å²) < 4.78 is 0.552. The molecule has 80 valence electrons. The molecule has 0 aliphatic heterocycles. The smallest absolute Gasteiger partial charge is 0.198 e. The molecular formula is C13H15IO. The van der Waals surface area contributed by atoms with E-state index in [1.165, 1.54) is 5.56 Å². The molecule has 1 aromatic rings. The Labute approximate surface area is 105 Å². The normalized spacial score (nSPS) is 11.2. The number of halogens is 1. The number of benzene rings is 1. The van der Waals surface area contributed by atoms with Crippen molar-refractivity contribution >= 4 is 28.4 Å². The molecule has 0 aliphatic carbocycles. The van der Waals surface area contributed by atoms with E-state index in [4.69, 9.17) is 0 Å². The first kappa shape index (κ1) is 12.4. The number of Topliss-reactive ketones (excluding diaryl/α,β-unsaturated/α-hetero) is 1. The largest absolute Gasteiger partial charge is 0.288 e. The molecule has 1 rings (SSSR count). The lowest BCUT2D eigenvalue weighted by Gasteiger charge is -2.18. The van der Waals surface area contributed by atoms with Gasteiger partial charge in [-0.3, -0.25) is 4.79 Å². The molecule has 1 aromatic carbocycles. The van der Waals surface area contributed by atoms with Gasteiger partial charge in [-0.25, -0.2) is 0 Å². The Hall–Kier alpha value is -0.640. The fourth-order valence-corrected chi connectivity index (χ4v) is 1.59. The first-order chi connectivity index (χ1) is 6.82. The van der Waals surface area contributed by atoms with Crippen molar-refractivity contribution in [1.82, 2.24) is 0 Å². The number of carbonyl (C=O) groups is 1. The van der Waals surface area contributed by atoms with Gasteiger partial charge in [-0.05, 0) is 33.6 Å². The van der Waals surface area contributed by atoms with Gasteiger partial charge in [-0.2, -0.15) is 0 Å². The van der Waals surface area contributed by atoms with E-state index in [0.29, 0.717) is 9.14 Å². The third-order valence-electron chi connectivity index (χ3n) is 2.26. The number of ketones is 1. The van der Waals surface area contributed by atoms with Crippen molar-refractivity contribution in [3.05, 3.63) is 45.6 Å². The Kier molecular flexibility index (Phi) is 3.71. The molecule has 0 unspecified atom stereocenters. The lowest BCUT2D eigenvalue weighted by molar-refractivity contribution is 0.104. The van der Waals surface area contributed by atoms with E-state index in [-0.39, 0.29) is 11.2 Å². The van der Waals surface area contributed by atoms with Crippen LogP contribution in [-0.4, -0.2) is 5.78 Å². The van der Waals surface area contributed by atoms with Gasteiger partial charge < -0.3 is 0 Å². The number of hydrogen-bond donors (Lipinski definition) is 0. The zero-order valence-electron chi connectivity index (χ0n) is 9.30. The second-order valence-electron chi connectivity index (χ2n) is 4.56. The summed E-state index contributed by atoms with van der Waals surface area (Å²) in [6.07, 6.45) is 0. The zero-order valence-corrected chi connectivity index (χ0v) is 11.5. The lowest BCUT2D eigenvalue weighted by Crippen LogP contribution is -2.11. The molecule has 0 bridgehead atoms. The first-order valence-electron chi connectivity index (χ1n) is 4.82. The van der Waals surface area contributed by atoms with Crippen molar-refractivity contribution < 1.29 is 4.79 Å². The van der Waals surface area contributed by atoms with Crippen molar-refractivity contribution in [3.8, 4) is 0 Å². The van der Waals surface area contributed by atoms with Crippen molar-refractivity contribution in [2.45, 2.75) is 26.2 Å². The minimum atomic E-state index is 0.0102. The van der Waals surface area contributed by atoms with Crippen LogP contribution in [0.5, 0.6) is 0 Å². The molecule has 1 nitrogen and oxygen atoms in total. The maximum atomic E-state index is 11.6. The van der Waals surface area contributed by atoms with E-state index >= 15 is 0 Å². The van der Waals surface area contributed by atoms with Gasteiger partial charge >= 0.3 is 0 Å². The van der Waals surface area contributed by atoms with Crippen LogP contribution in [0.15, 0.2) is 34.4 Å². The topological polar surface area (TPSA) is 17.1 Å². The number of carbonyl (C=O) groups excluding carboxylic acids is 1. The predicted octanol–water partition coefficient (Wildman–Crippen LogP) is 4.12. The van der Waals surface area contributed by atoms with E-state index in [9.17, 15) is 4.79 Å². The average Bonchev–Trinajstić information content (AvgIpc) is 2.15. The molecule has 0 radical (unpaired) electrons. The summed E-state index contributed by atoms with van der Waals surface area (Å²) in [5, 5.41) is 0. The van der Waals surface area contributed by atoms with Crippen LogP contribution in [0.25, 0.3) is 0 Å². The van der Waals surface area contributed by atoms with Crippen LogP contribution in [0.1, 0.15) is 36.7 Å². The number of allylic oxidation sites excluding steroid dienone is 1. The highest BCUT2D eigenvalue weighted by Crippen LogP contribution is 2.23. The summed E-state index contributed by atoms with van der Waals surface area (Å²) >= 11 is 1.95. The molecule has 0 aliphatic rings. The van der Waals surface area contributed by atoms with Gasteiger partial charge in [-0.15, -0.1) is 0 Å². The van der Waals surface area contributed by atoms with Gasteiger partial charge in [0.25, 0.3) is 0 Å². The van der Waals surface area contributed by atoms with Gasteiger partial charge in [-0.1, -0.05) is 51.6 Å². The van der Waals surface area contributed by atoms with Gasteiger partial charge in [0.05, 0.1) is 3.58 Å². The van der Waals surface area contributed by atoms with E-state index in [1.807, 2.05) is 46.9 Å². The fourth-order valence-electron chi connectivity index (χ4n) is 1.28. The Morgan fingerprint density at radius 2 is 1.67 bits per heavy atom. The first-order valence-corrected chi connectivity index (χ1v) is 5.90. The maximum absolute atomic E-state index is 11.6. The van der Waals surface area contributed by atoms with Crippen LogP contribution >= 0.6 is 22.6 Å². The summed E-state index contributed by atoms with van der Waals surface area (Å²) in [4.78, 5) is 11.6. The van der Waals surface area contributed by atoms with Crippen LogP contribution in [0.4, 0.5) is 0 Å². The second kappa shape index (κ2) is 4.47. The molecule has 0 spiro atoms. The minimum Gasteiger partial charge on any atom is -0.288 e. The molecule has 0 amide bonds. The molecule has 0 heterocycles. The van der Waals surface area contributed by atoms with Crippen LogP contribution in [0.2, 0.25) is 0 Å². The average molecular weight is 314 g/mol. The van der Waals surface area contributed by atoms with Crippen LogP contribution in [0.3, 0.4) is 0 Å². The molecule has 0 saturated heterocycles. The molecular weight excluding hydrogens is 299 g/mol. The van der Waals surface area contributed by atoms with E-state index in [0.717, 1.165) is 0 Å². The SMILES string of the molecule is C=C(I)C(=O)c1ccc(C(C)(C)C)cc1. The molecule has 0 aromatic heterocycles. The molecule has 0 atom stereocenters. The molecule has 0 fully saturated rings. The molecule has 0 N–H and O–H groups in total. The van der Waals surface area contributed by atoms with Crippen LogP contribution in [-0.2, 0) is 5.41 Å². The standard InChI is InChI=1S/C13H15IO/c1-9(14)12(15)10-5-7-11(8-6-10)13(2,3)4/h5-8H,1H2,2-4H3. The van der Waals surface area contributed by atoms with Crippen molar-refractivity contribution in [1.29, 1.82) is 0 Å². The van der Waals surface area contributed by atoms with E-state index < -0.39 is 0 Å². The van der Waals surface area contributed by atoms with Gasteiger partial charge in [0.15, 0.2) is 5.78 Å². The monoisotopic (exact) mass is 314 g/mol. The van der Waals surface area contributed by atoms with E-state index in [1.54, 1.807) is 0 Å². The fraction of sp³-hybridized carbons (Fsp3) is 0.308. The Bertz CT molecular complexity index is 382. The predicted molar refractivity (Wildman–Crippen MR) is 72.6 cm³/mol. The number of rotatable bonds is 2. The number of hydrogen-bond acceptors (Lipinski definition) is 1. The Morgan fingerprint density at radius 1 is 1.20 bits per heavy atom. The van der Waals surface area contributed by atoms with Crippen LogP contribution < -0.4 is 0 Å². The maximum Gasteiger partial charge on any atom is 0.198 e. The third-order valence-corrected chi connectivity index (χ3v) is 2.75. The van der Waals surface area contributed by atoms with E-state index in [2.05, 4.69) is 27.4 Å². The van der Waals surface area contributed by atoms with Crippen LogP contribution in [0, 0.1) is 0 Å². The van der Waals surface area contributed by atoms with Gasteiger partial charge in [0.1, 0.15) is 0 Å². The molecule has 2 heteroatoms. The van der Waals surface area contributed by atoms with Crippen molar-refractivity contribution in [2.75, 3.05) is 0 Å². The highest BCUT2D eigenvalue weighted by Gasteiger charge is 2.14. The molecule has 0 saturated carbocycles. The lowest BCUT2D eigenvalue weighted by atomic mass is 9.86. The minimum absolute atomic E-state index is 0.0102. The second-order valence-corrected chi connectivity index (χ2v) is 5.86. The summed E-state index contributed by atoms with van der Waals surface area (Å²) in [5.74, 6) is 0.0102. The quantitative estimate of drug-likeness (QED) is 0.456.